The molecule has 0 aromatic heterocycles. The number of amides is 1. The van der Waals surface area contributed by atoms with Gasteiger partial charge in [-0.2, -0.15) is 0 Å². The first-order chi connectivity index (χ1) is 16.5. The van der Waals surface area contributed by atoms with Crippen LogP contribution in [0.1, 0.15) is 75.3 Å². The van der Waals surface area contributed by atoms with E-state index in [4.69, 9.17) is 4.74 Å². The van der Waals surface area contributed by atoms with Crippen molar-refractivity contribution in [2.45, 2.75) is 58.3 Å². The molecule has 3 heteroatoms. The molecule has 0 aliphatic heterocycles. The predicted octanol–water partition coefficient (Wildman–Crippen LogP) is 7.83. The average molecular weight is 468 g/mol. The molecule has 3 aromatic carbocycles. The van der Waals surface area contributed by atoms with Gasteiger partial charge in [-0.25, -0.2) is 4.79 Å². The second-order valence-corrected chi connectivity index (χ2v) is 11.5. The molecule has 1 N–H and O–H groups in total. The number of carbonyl (C=O) groups excluding carboxylic acids is 1. The van der Waals surface area contributed by atoms with Crippen molar-refractivity contribution in [3.8, 4) is 11.1 Å². The zero-order valence-electron chi connectivity index (χ0n) is 21.8. The molecule has 0 atom stereocenters. The summed E-state index contributed by atoms with van der Waals surface area (Å²) in [7, 11) is 0. The van der Waals surface area contributed by atoms with Gasteiger partial charge < -0.3 is 10.1 Å². The highest BCUT2D eigenvalue weighted by atomic mass is 16.5. The lowest BCUT2D eigenvalue weighted by atomic mass is 9.79. The van der Waals surface area contributed by atoms with E-state index in [9.17, 15) is 4.79 Å². The molecule has 1 aliphatic rings. The second kappa shape index (κ2) is 9.73. The first-order valence-corrected chi connectivity index (χ1v) is 12.5. The van der Waals surface area contributed by atoms with Gasteiger partial charge in [0.1, 0.15) is 6.61 Å². The van der Waals surface area contributed by atoms with E-state index in [-0.39, 0.29) is 16.7 Å². The maximum absolute atomic E-state index is 12.4. The van der Waals surface area contributed by atoms with Crippen LogP contribution in [-0.4, -0.2) is 19.2 Å². The molecule has 0 saturated carbocycles. The van der Waals surface area contributed by atoms with Crippen LogP contribution in [0.25, 0.3) is 17.2 Å². The van der Waals surface area contributed by atoms with E-state index in [0.717, 1.165) is 5.56 Å². The molecule has 4 rings (SSSR count). The molecule has 1 amide bonds. The van der Waals surface area contributed by atoms with Gasteiger partial charge in [0.15, 0.2) is 0 Å². The molecule has 0 fully saturated rings. The van der Waals surface area contributed by atoms with Crippen LogP contribution in [0.5, 0.6) is 0 Å². The zero-order chi connectivity index (χ0) is 25.2. The number of hydrogen-bond donors (Lipinski definition) is 1. The van der Waals surface area contributed by atoms with Crippen LogP contribution in [0.3, 0.4) is 0 Å². The van der Waals surface area contributed by atoms with Crippen LogP contribution >= 0.6 is 0 Å². The SMILES string of the molecule is CC(C)(C)c1cc(C=CCNC(=O)OCC2c3ccccc3-c3ccccc32)cc(C(C)(C)C)c1. The fourth-order valence-corrected chi connectivity index (χ4v) is 4.60. The Balaban J connectivity index is 1.37. The van der Waals surface area contributed by atoms with Gasteiger partial charge in [-0.1, -0.05) is 120 Å². The molecular weight excluding hydrogens is 430 g/mol. The number of rotatable bonds is 5. The van der Waals surface area contributed by atoms with Crippen molar-refractivity contribution >= 4 is 12.2 Å². The van der Waals surface area contributed by atoms with E-state index >= 15 is 0 Å². The highest BCUT2D eigenvalue weighted by Gasteiger charge is 2.29. The fraction of sp³-hybridized carbons (Fsp3) is 0.344. The zero-order valence-corrected chi connectivity index (χ0v) is 21.8. The smallest absolute Gasteiger partial charge is 0.407 e. The highest BCUT2D eigenvalue weighted by Crippen LogP contribution is 2.44. The first kappa shape index (κ1) is 24.8. The molecule has 0 bridgehead atoms. The van der Waals surface area contributed by atoms with Gasteiger partial charge in [0, 0.05) is 12.5 Å². The largest absolute Gasteiger partial charge is 0.449 e. The summed E-state index contributed by atoms with van der Waals surface area (Å²) >= 11 is 0. The van der Waals surface area contributed by atoms with Crippen LogP contribution in [0.15, 0.2) is 72.8 Å². The quantitative estimate of drug-likeness (QED) is 0.415. The lowest BCUT2D eigenvalue weighted by Crippen LogP contribution is -2.26. The fourth-order valence-electron chi connectivity index (χ4n) is 4.60. The number of hydrogen-bond acceptors (Lipinski definition) is 2. The summed E-state index contributed by atoms with van der Waals surface area (Å²) in [4.78, 5) is 12.4. The van der Waals surface area contributed by atoms with Crippen LogP contribution in [0, 0.1) is 0 Å². The van der Waals surface area contributed by atoms with E-state index in [0.29, 0.717) is 13.2 Å². The molecule has 3 nitrogen and oxygen atoms in total. The third kappa shape index (κ3) is 5.67. The topological polar surface area (TPSA) is 38.3 Å². The summed E-state index contributed by atoms with van der Waals surface area (Å²) in [6.45, 7) is 14.2. The van der Waals surface area contributed by atoms with E-state index in [1.165, 1.54) is 33.4 Å². The summed E-state index contributed by atoms with van der Waals surface area (Å²) in [5, 5.41) is 2.87. The molecule has 0 radical (unpaired) electrons. The predicted molar refractivity (Wildman–Crippen MR) is 146 cm³/mol. The number of fused-ring (bicyclic) bond motifs is 3. The van der Waals surface area contributed by atoms with E-state index < -0.39 is 6.09 Å². The number of nitrogens with one attached hydrogen (secondary N) is 1. The van der Waals surface area contributed by atoms with Crippen molar-refractivity contribution in [3.63, 3.8) is 0 Å². The van der Waals surface area contributed by atoms with Crippen molar-refractivity contribution in [3.05, 3.63) is 101 Å². The van der Waals surface area contributed by atoms with Crippen LogP contribution in [-0.2, 0) is 15.6 Å². The Hall–Kier alpha value is -3.33. The van der Waals surface area contributed by atoms with Gasteiger partial charge in [-0.05, 0) is 49.8 Å². The van der Waals surface area contributed by atoms with Gasteiger partial charge in [0.25, 0.3) is 0 Å². The Morgan fingerprint density at radius 3 is 1.86 bits per heavy atom. The van der Waals surface area contributed by atoms with Crippen molar-refractivity contribution in [2.75, 3.05) is 13.2 Å². The number of carbonyl (C=O) groups is 1. The minimum Gasteiger partial charge on any atom is -0.449 e. The summed E-state index contributed by atoms with van der Waals surface area (Å²) in [6.07, 6.45) is 3.67. The monoisotopic (exact) mass is 467 g/mol. The molecule has 0 unspecified atom stereocenters. The average Bonchev–Trinajstić information content (AvgIpc) is 3.13. The molecule has 0 spiro atoms. The van der Waals surface area contributed by atoms with E-state index in [2.05, 4.69) is 108 Å². The molecular formula is C32H37NO2. The summed E-state index contributed by atoms with van der Waals surface area (Å²) < 4.78 is 5.64. The van der Waals surface area contributed by atoms with E-state index in [1.807, 2.05) is 18.2 Å². The molecule has 1 aliphatic carbocycles. The van der Waals surface area contributed by atoms with Crippen LogP contribution < -0.4 is 5.32 Å². The lowest BCUT2D eigenvalue weighted by Gasteiger charge is -2.25. The van der Waals surface area contributed by atoms with Crippen LogP contribution in [0.4, 0.5) is 4.79 Å². The van der Waals surface area contributed by atoms with Gasteiger partial charge >= 0.3 is 6.09 Å². The number of benzene rings is 3. The summed E-state index contributed by atoms with van der Waals surface area (Å²) in [5.74, 6) is 0.0691. The second-order valence-electron chi connectivity index (χ2n) is 11.5. The Kier molecular flexibility index (Phi) is 6.89. The maximum Gasteiger partial charge on any atom is 0.407 e. The number of alkyl carbamates (subject to hydrolysis) is 1. The Morgan fingerprint density at radius 1 is 0.829 bits per heavy atom. The standard InChI is InChI=1S/C32H37NO2/c1-31(2,3)23-18-22(19-24(20-23)32(4,5)6)12-11-17-33-30(34)35-21-29-27-15-9-7-13-25(27)26-14-8-10-16-28(26)29/h7-16,18-20,29H,17,21H2,1-6H3,(H,33,34). The molecule has 182 valence electrons. The molecule has 35 heavy (non-hydrogen) atoms. The van der Waals surface area contributed by atoms with Crippen molar-refractivity contribution < 1.29 is 9.53 Å². The first-order valence-electron chi connectivity index (χ1n) is 12.5. The van der Waals surface area contributed by atoms with Crippen molar-refractivity contribution in [1.29, 1.82) is 0 Å². The summed E-state index contributed by atoms with van der Waals surface area (Å²) in [5.41, 5.74) is 8.82. The Morgan fingerprint density at radius 2 is 1.34 bits per heavy atom. The van der Waals surface area contributed by atoms with E-state index in [1.54, 1.807) is 0 Å². The third-order valence-electron chi connectivity index (χ3n) is 6.71. The highest BCUT2D eigenvalue weighted by molar-refractivity contribution is 5.79. The van der Waals surface area contributed by atoms with Gasteiger partial charge in [-0.15, -0.1) is 0 Å². The van der Waals surface area contributed by atoms with Crippen molar-refractivity contribution in [1.82, 2.24) is 5.32 Å². The number of ether oxygens (including phenoxy) is 1. The lowest BCUT2D eigenvalue weighted by molar-refractivity contribution is 0.144. The minimum atomic E-state index is -0.393. The summed E-state index contributed by atoms with van der Waals surface area (Å²) in [6, 6.07) is 23.5. The molecule has 0 heterocycles. The normalized spacial score (nSPS) is 13.5. The Labute approximate surface area is 210 Å². The molecule has 0 saturated heterocycles. The minimum absolute atomic E-state index is 0.0691. The molecule has 3 aromatic rings. The van der Waals surface area contributed by atoms with Gasteiger partial charge in [-0.3, -0.25) is 0 Å². The van der Waals surface area contributed by atoms with Crippen LogP contribution in [0.2, 0.25) is 0 Å². The van der Waals surface area contributed by atoms with Gasteiger partial charge in [0.05, 0.1) is 0 Å². The van der Waals surface area contributed by atoms with Crippen molar-refractivity contribution in [2.24, 2.45) is 0 Å². The maximum atomic E-state index is 12.4. The van der Waals surface area contributed by atoms with Gasteiger partial charge in [0.2, 0.25) is 0 Å². The third-order valence-corrected chi connectivity index (χ3v) is 6.71. The Bertz CT molecular complexity index is 1160.